The Morgan fingerprint density at radius 1 is 1.03 bits per heavy atom. The first-order valence-corrected chi connectivity index (χ1v) is 9.81. The Morgan fingerprint density at radius 2 is 1.72 bits per heavy atom. The van der Waals surface area contributed by atoms with Gasteiger partial charge in [0.2, 0.25) is 10.6 Å². The van der Waals surface area contributed by atoms with E-state index in [2.05, 4.69) is 38.9 Å². The summed E-state index contributed by atoms with van der Waals surface area (Å²) < 4.78 is 18.2. The minimum absolute atomic E-state index is 0.540. The molecule has 0 radical (unpaired) electrons. The molecule has 0 unspecified atom stereocenters. The summed E-state index contributed by atoms with van der Waals surface area (Å²) >= 11 is 1.53. The van der Waals surface area contributed by atoms with Gasteiger partial charge >= 0.3 is 0 Å². The summed E-state index contributed by atoms with van der Waals surface area (Å²) in [6.07, 6.45) is 3.51. The Balaban J connectivity index is 1.97. The fourth-order valence-corrected chi connectivity index (χ4v) is 3.75. The SMILES string of the molecule is C=CCn1c(-c2ccccc2)cs/c1=N/N=C/c1cc(OC)c(OC)c(OC)c1. The van der Waals surface area contributed by atoms with Crippen LogP contribution in [-0.4, -0.2) is 32.1 Å². The number of aromatic nitrogens is 1. The van der Waals surface area contributed by atoms with Crippen LogP contribution in [0.3, 0.4) is 0 Å². The molecule has 0 aliphatic heterocycles. The molecule has 0 aliphatic carbocycles. The maximum atomic E-state index is 5.38. The van der Waals surface area contributed by atoms with Crippen LogP contribution in [-0.2, 0) is 6.54 Å². The van der Waals surface area contributed by atoms with Gasteiger partial charge in [-0.3, -0.25) is 0 Å². The van der Waals surface area contributed by atoms with Crippen LogP contribution in [0.1, 0.15) is 5.56 Å². The molecule has 1 aromatic heterocycles. The second-order valence-corrected chi connectivity index (χ2v) is 6.81. The van der Waals surface area contributed by atoms with E-state index in [9.17, 15) is 0 Å². The molecule has 1 heterocycles. The molecule has 0 amide bonds. The van der Waals surface area contributed by atoms with Crippen LogP contribution in [0.5, 0.6) is 17.2 Å². The Bertz CT molecular complexity index is 1040. The number of methoxy groups -OCH3 is 3. The van der Waals surface area contributed by atoms with E-state index in [0.717, 1.165) is 21.6 Å². The molecule has 0 N–H and O–H groups in total. The molecular weight excluding hydrogens is 386 g/mol. The Kier molecular flexibility index (Phi) is 6.86. The predicted molar refractivity (Wildman–Crippen MR) is 117 cm³/mol. The van der Waals surface area contributed by atoms with E-state index in [4.69, 9.17) is 14.2 Å². The lowest BCUT2D eigenvalue weighted by Gasteiger charge is -2.12. The number of ether oxygens (including phenoxy) is 3. The van der Waals surface area contributed by atoms with Crippen LogP contribution < -0.4 is 19.0 Å². The molecule has 0 aliphatic rings. The molecule has 3 aromatic rings. The third-order valence-corrected chi connectivity index (χ3v) is 5.07. The first-order chi connectivity index (χ1) is 14.2. The Morgan fingerprint density at radius 3 is 2.31 bits per heavy atom. The normalized spacial score (nSPS) is 11.6. The van der Waals surface area contributed by atoms with E-state index in [1.807, 2.05) is 36.4 Å². The van der Waals surface area contributed by atoms with Crippen LogP contribution in [0.4, 0.5) is 0 Å². The minimum Gasteiger partial charge on any atom is -0.493 e. The first-order valence-electron chi connectivity index (χ1n) is 8.93. The maximum Gasteiger partial charge on any atom is 0.211 e. The van der Waals surface area contributed by atoms with Crippen molar-refractivity contribution in [1.29, 1.82) is 0 Å². The molecule has 0 spiro atoms. The average Bonchev–Trinajstić information content (AvgIpc) is 3.16. The van der Waals surface area contributed by atoms with Crippen LogP contribution in [0.15, 0.2) is 70.7 Å². The summed E-state index contributed by atoms with van der Waals surface area (Å²) in [5.74, 6) is 1.67. The molecule has 0 fully saturated rings. The van der Waals surface area contributed by atoms with E-state index in [1.54, 1.807) is 27.5 Å². The van der Waals surface area contributed by atoms with Crippen LogP contribution >= 0.6 is 11.3 Å². The van der Waals surface area contributed by atoms with Crippen molar-refractivity contribution in [2.75, 3.05) is 21.3 Å². The number of rotatable bonds is 8. The third kappa shape index (κ3) is 4.57. The average molecular weight is 410 g/mol. The molecule has 7 heteroatoms. The molecule has 29 heavy (non-hydrogen) atoms. The molecule has 0 saturated heterocycles. The van der Waals surface area contributed by atoms with E-state index in [0.29, 0.717) is 23.8 Å². The number of thiazole rings is 1. The molecule has 6 nitrogen and oxygen atoms in total. The second kappa shape index (κ2) is 9.75. The van der Waals surface area contributed by atoms with Crippen molar-refractivity contribution in [2.45, 2.75) is 6.54 Å². The highest BCUT2D eigenvalue weighted by molar-refractivity contribution is 7.07. The fourth-order valence-electron chi connectivity index (χ4n) is 2.88. The van der Waals surface area contributed by atoms with E-state index >= 15 is 0 Å². The maximum absolute atomic E-state index is 5.38. The zero-order valence-electron chi connectivity index (χ0n) is 16.7. The third-order valence-electron chi connectivity index (χ3n) is 4.22. The number of nitrogens with zero attached hydrogens (tertiary/aromatic N) is 3. The Hall–Kier alpha value is -3.32. The fraction of sp³-hybridized carbons (Fsp3) is 0.182. The number of hydrogen-bond donors (Lipinski definition) is 0. The van der Waals surface area contributed by atoms with Crippen LogP contribution in [0.25, 0.3) is 11.3 Å². The lowest BCUT2D eigenvalue weighted by atomic mass is 10.2. The van der Waals surface area contributed by atoms with Crippen molar-refractivity contribution in [3.8, 4) is 28.5 Å². The van der Waals surface area contributed by atoms with Crippen LogP contribution in [0, 0.1) is 0 Å². The molecule has 0 bridgehead atoms. The molecule has 2 aromatic carbocycles. The van der Waals surface area contributed by atoms with Gasteiger partial charge in [0.1, 0.15) is 0 Å². The van der Waals surface area contributed by atoms with Gasteiger partial charge in [0.25, 0.3) is 0 Å². The highest BCUT2D eigenvalue weighted by atomic mass is 32.1. The summed E-state index contributed by atoms with van der Waals surface area (Å²) in [6, 6.07) is 13.8. The molecule has 150 valence electrons. The van der Waals surface area contributed by atoms with Crippen molar-refractivity contribution in [1.82, 2.24) is 4.57 Å². The summed E-state index contributed by atoms with van der Waals surface area (Å²) in [7, 11) is 4.73. The molecular formula is C22H23N3O3S. The van der Waals surface area contributed by atoms with Gasteiger partial charge in [-0.05, 0) is 17.7 Å². The van der Waals surface area contributed by atoms with Crippen molar-refractivity contribution in [3.05, 3.63) is 70.9 Å². The minimum atomic E-state index is 0.540. The summed E-state index contributed by atoms with van der Waals surface area (Å²) in [5, 5.41) is 10.8. The highest BCUT2D eigenvalue weighted by Gasteiger charge is 2.12. The van der Waals surface area contributed by atoms with Crippen molar-refractivity contribution >= 4 is 17.6 Å². The monoisotopic (exact) mass is 409 g/mol. The van der Waals surface area contributed by atoms with Crippen molar-refractivity contribution in [2.24, 2.45) is 10.2 Å². The summed E-state index contributed by atoms with van der Waals surface area (Å²) in [6.45, 7) is 4.50. The van der Waals surface area contributed by atoms with Crippen molar-refractivity contribution in [3.63, 3.8) is 0 Å². The van der Waals surface area contributed by atoms with Gasteiger partial charge in [0.05, 0.1) is 33.2 Å². The molecule has 0 saturated carbocycles. The largest absolute Gasteiger partial charge is 0.493 e. The first kappa shape index (κ1) is 20.4. The van der Waals surface area contributed by atoms with Gasteiger partial charge in [0, 0.05) is 17.5 Å². The number of hydrogen-bond acceptors (Lipinski definition) is 6. The van der Waals surface area contributed by atoms with E-state index in [1.165, 1.54) is 11.3 Å². The Labute approximate surface area is 174 Å². The smallest absolute Gasteiger partial charge is 0.211 e. The second-order valence-electron chi connectivity index (χ2n) is 5.97. The number of allylic oxidation sites excluding steroid dienone is 1. The lowest BCUT2D eigenvalue weighted by molar-refractivity contribution is 0.324. The van der Waals surface area contributed by atoms with Gasteiger partial charge in [0.15, 0.2) is 11.5 Å². The van der Waals surface area contributed by atoms with Gasteiger partial charge in [-0.2, -0.15) is 5.10 Å². The topological polar surface area (TPSA) is 57.3 Å². The van der Waals surface area contributed by atoms with Gasteiger partial charge in [-0.15, -0.1) is 23.0 Å². The molecule has 0 atom stereocenters. The van der Waals surface area contributed by atoms with Gasteiger partial charge < -0.3 is 18.8 Å². The quantitative estimate of drug-likeness (QED) is 0.315. The zero-order valence-corrected chi connectivity index (χ0v) is 17.5. The number of benzene rings is 2. The van der Waals surface area contributed by atoms with Crippen LogP contribution in [0.2, 0.25) is 0 Å². The summed E-state index contributed by atoms with van der Waals surface area (Å²) in [4.78, 5) is 0.785. The van der Waals surface area contributed by atoms with Gasteiger partial charge in [-0.1, -0.05) is 36.4 Å². The van der Waals surface area contributed by atoms with Gasteiger partial charge in [-0.25, -0.2) is 0 Å². The standard InChI is InChI=1S/C22H23N3O3S/c1-5-11-25-18(17-9-7-6-8-10-17)15-29-22(25)24-23-14-16-12-19(26-2)21(28-4)20(13-16)27-3/h5-10,12-15H,1,11H2,2-4H3/b23-14+,24-22+. The lowest BCUT2D eigenvalue weighted by Crippen LogP contribution is -2.14. The highest BCUT2D eigenvalue weighted by Crippen LogP contribution is 2.37. The van der Waals surface area contributed by atoms with Crippen molar-refractivity contribution < 1.29 is 14.2 Å². The zero-order chi connectivity index (χ0) is 20.6. The van der Waals surface area contributed by atoms with E-state index < -0.39 is 0 Å². The summed E-state index contributed by atoms with van der Waals surface area (Å²) in [5.41, 5.74) is 3.00. The van der Waals surface area contributed by atoms with E-state index in [-0.39, 0.29) is 0 Å². The molecule has 3 rings (SSSR count). The predicted octanol–water partition coefficient (Wildman–Crippen LogP) is 4.36.